The van der Waals surface area contributed by atoms with Gasteiger partial charge in [0.2, 0.25) is 0 Å². The van der Waals surface area contributed by atoms with Crippen molar-refractivity contribution in [3.63, 3.8) is 0 Å². The molecule has 1 heterocycles. The third kappa shape index (κ3) is 4.43. The number of nitrogens with zero attached hydrogens (tertiary/aromatic N) is 1. The molecule has 1 saturated heterocycles. The number of amides is 1. The second kappa shape index (κ2) is 10.0. The second-order valence-corrected chi connectivity index (χ2v) is 7.75. The normalized spacial score (nSPS) is 17.4. The number of likely N-dealkylation sites (tertiary alicyclic amines) is 1. The number of halogens is 1. The van der Waals surface area contributed by atoms with Crippen LogP contribution in [-0.4, -0.2) is 54.2 Å². The molecule has 0 saturated carbocycles. The van der Waals surface area contributed by atoms with Crippen molar-refractivity contribution in [2.75, 3.05) is 27.4 Å². The lowest BCUT2D eigenvalue weighted by Gasteiger charge is -2.25. The molecule has 176 valence electrons. The Morgan fingerprint density at radius 2 is 1.76 bits per heavy atom. The van der Waals surface area contributed by atoms with Gasteiger partial charge in [-0.3, -0.25) is 9.59 Å². The zero-order valence-electron chi connectivity index (χ0n) is 18.8. The maximum absolute atomic E-state index is 13.1. The van der Waals surface area contributed by atoms with Crippen LogP contribution in [0.15, 0.2) is 35.9 Å². The molecule has 1 fully saturated rings. The standard InChI is InChI=1S/C24H26ClNO7/c1-5-9-26-21(13-7-8-16(27)19(10-13)33-6-2)20(23(29)24(26)30)22(28)14-11-18(32-4)15(25)12-17(14)31-3/h7-8,10-12,21,27-28H,5-6,9H2,1-4H3/b22-20+. The molecule has 3 rings (SSSR count). The molecule has 2 aromatic rings. The highest BCUT2D eigenvalue weighted by Gasteiger charge is 2.46. The van der Waals surface area contributed by atoms with E-state index in [0.29, 0.717) is 18.6 Å². The summed E-state index contributed by atoms with van der Waals surface area (Å²) < 4.78 is 16.1. The Balaban J connectivity index is 2.28. The van der Waals surface area contributed by atoms with Gasteiger partial charge in [0.15, 0.2) is 11.5 Å². The fraction of sp³-hybridized carbons (Fsp3) is 0.333. The van der Waals surface area contributed by atoms with Gasteiger partial charge in [-0.1, -0.05) is 24.6 Å². The van der Waals surface area contributed by atoms with Crippen LogP contribution < -0.4 is 14.2 Å². The van der Waals surface area contributed by atoms with Gasteiger partial charge in [0, 0.05) is 12.6 Å². The summed E-state index contributed by atoms with van der Waals surface area (Å²) in [7, 11) is 2.82. The molecule has 0 aliphatic carbocycles. The molecule has 1 amide bonds. The van der Waals surface area contributed by atoms with Gasteiger partial charge in [0.25, 0.3) is 11.7 Å². The third-order valence-corrected chi connectivity index (χ3v) is 5.63. The third-order valence-electron chi connectivity index (χ3n) is 5.33. The molecular formula is C24H26ClNO7. The fourth-order valence-corrected chi connectivity index (χ4v) is 4.09. The van der Waals surface area contributed by atoms with Crippen molar-refractivity contribution in [2.24, 2.45) is 0 Å². The van der Waals surface area contributed by atoms with Crippen molar-refractivity contribution in [3.8, 4) is 23.0 Å². The Hall–Kier alpha value is -3.39. The van der Waals surface area contributed by atoms with Gasteiger partial charge >= 0.3 is 0 Å². The van der Waals surface area contributed by atoms with Crippen LogP contribution in [0.4, 0.5) is 0 Å². The van der Waals surface area contributed by atoms with Gasteiger partial charge in [-0.15, -0.1) is 0 Å². The van der Waals surface area contributed by atoms with E-state index in [-0.39, 0.29) is 45.7 Å². The first kappa shape index (κ1) is 24.3. The number of hydrogen-bond donors (Lipinski definition) is 2. The lowest BCUT2D eigenvalue weighted by Crippen LogP contribution is -2.30. The SMILES string of the molecule is CCCN1C(=O)C(=O)/C(=C(/O)c2cc(OC)c(Cl)cc2OC)C1c1ccc(O)c(OCC)c1. The summed E-state index contributed by atoms with van der Waals surface area (Å²) in [6, 6.07) is 6.59. The summed E-state index contributed by atoms with van der Waals surface area (Å²) in [6.45, 7) is 4.26. The maximum atomic E-state index is 13.1. The highest BCUT2D eigenvalue weighted by Crippen LogP contribution is 2.44. The molecule has 8 nitrogen and oxygen atoms in total. The van der Waals surface area contributed by atoms with Gasteiger partial charge in [-0.2, -0.15) is 0 Å². The quantitative estimate of drug-likeness (QED) is 0.333. The minimum absolute atomic E-state index is 0.0721. The predicted molar refractivity (Wildman–Crippen MR) is 123 cm³/mol. The van der Waals surface area contributed by atoms with E-state index in [4.69, 9.17) is 25.8 Å². The van der Waals surface area contributed by atoms with E-state index in [9.17, 15) is 19.8 Å². The van der Waals surface area contributed by atoms with Gasteiger partial charge in [-0.25, -0.2) is 0 Å². The molecule has 1 unspecified atom stereocenters. The molecule has 1 aliphatic rings. The van der Waals surface area contributed by atoms with E-state index in [1.54, 1.807) is 19.1 Å². The first-order valence-electron chi connectivity index (χ1n) is 10.4. The Labute approximate surface area is 196 Å². The molecule has 0 aromatic heterocycles. The Morgan fingerprint density at radius 1 is 1.06 bits per heavy atom. The number of phenolic OH excluding ortho intramolecular Hbond substituents is 1. The highest BCUT2D eigenvalue weighted by molar-refractivity contribution is 6.46. The van der Waals surface area contributed by atoms with Gasteiger partial charge in [0.1, 0.15) is 17.3 Å². The van der Waals surface area contributed by atoms with E-state index in [2.05, 4.69) is 0 Å². The number of ketones is 1. The molecule has 9 heteroatoms. The lowest BCUT2D eigenvalue weighted by atomic mass is 9.94. The number of aliphatic hydroxyl groups is 1. The van der Waals surface area contributed by atoms with Crippen molar-refractivity contribution in [3.05, 3.63) is 52.1 Å². The molecular weight excluding hydrogens is 450 g/mol. The van der Waals surface area contributed by atoms with E-state index >= 15 is 0 Å². The monoisotopic (exact) mass is 475 g/mol. The van der Waals surface area contributed by atoms with Gasteiger partial charge < -0.3 is 29.3 Å². The van der Waals surface area contributed by atoms with E-state index in [0.717, 1.165) is 0 Å². The van der Waals surface area contributed by atoms with Crippen LogP contribution in [-0.2, 0) is 9.59 Å². The van der Waals surface area contributed by atoms with Crippen molar-refractivity contribution < 1.29 is 34.0 Å². The van der Waals surface area contributed by atoms with Crippen LogP contribution in [0.1, 0.15) is 37.4 Å². The summed E-state index contributed by atoms with van der Waals surface area (Å²) in [5, 5.41) is 21.7. The molecule has 0 bridgehead atoms. The van der Waals surface area contributed by atoms with E-state index < -0.39 is 23.5 Å². The minimum Gasteiger partial charge on any atom is -0.507 e. The van der Waals surface area contributed by atoms with Crippen LogP contribution in [0.2, 0.25) is 5.02 Å². The summed E-state index contributed by atoms with van der Waals surface area (Å²) in [6.07, 6.45) is 0.595. The summed E-state index contributed by atoms with van der Waals surface area (Å²) in [5.74, 6) is -1.36. The smallest absolute Gasteiger partial charge is 0.295 e. The average molecular weight is 476 g/mol. The molecule has 33 heavy (non-hydrogen) atoms. The van der Waals surface area contributed by atoms with Crippen LogP contribution in [0.3, 0.4) is 0 Å². The molecule has 2 aromatic carbocycles. The van der Waals surface area contributed by atoms with Crippen LogP contribution in [0.5, 0.6) is 23.0 Å². The number of phenols is 1. The van der Waals surface area contributed by atoms with E-state index in [1.807, 2.05) is 6.92 Å². The zero-order chi connectivity index (χ0) is 24.3. The van der Waals surface area contributed by atoms with Crippen molar-refractivity contribution >= 4 is 29.1 Å². The van der Waals surface area contributed by atoms with Crippen molar-refractivity contribution in [2.45, 2.75) is 26.3 Å². The Morgan fingerprint density at radius 3 is 2.36 bits per heavy atom. The second-order valence-electron chi connectivity index (χ2n) is 7.34. The summed E-state index contributed by atoms with van der Waals surface area (Å²) in [5.41, 5.74) is 0.552. The Kier molecular flexibility index (Phi) is 7.38. The minimum atomic E-state index is -0.892. The number of carbonyl (C=O) groups is 2. The lowest BCUT2D eigenvalue weighted by molar-refractivity contribution is -0.139. The van der Waals surface area contributed by atoms with Gasteiger partial charge in [0.05, 0.1) is 43.0 Å². The van der Waals surface area contributed by atoms with Crippen molar-refractivity contribution in [1.29, 1.82) is 0 Å². The molecule has 1 aliphatic heterocycles. The van der Waals surface area contributed by atoms with E-state index in [1.165, 1.54) is 37.3 Å². The number of Topliss-reactive ketones (excluding diaryl/α,β-unsaturated/α-hetero) is 1. The molecule has 1 atom stereocenters. The number of aliphatic hydroxyl groups excluding tert-OH is 1. The predicted octanol–water partition coefficient (Wildman–Crippen LogP) is 4.29. The maximum Gasteiger partial charge on any atom is 0.295 e. The van der Waals surface area contributed by atoms with Crippen molar-refractivity contribution in [1.82, 2.24) is 4.90 Å². The van der Waals surface area contributed by atoms with Crippen LogP contribution >= 0.6 is 11.6 Å². The number of aromatic hydroxyl groups is 1. The zero-order valence-corrected chi connectivity index (χ0v) is 19.6. The number of hydrogen-bond acceptors (Lipinski definition) is 7. The van der Waals surface area contributed by atoms with Gasteiger partial charge in [-0.05, 0) is 37.1 Å². The molecule has 2 N–H and O–H groups in total. The fourth-order valence-electron chi connectivity index (χ4n) is 3.86. The number of benzene rings is 2. The average Bonchev–Trinajstić information content (AvgIpc) is 3.05. The van der Waals surface area contributed by atoms with Crippen LogP contribution in [0.25, 0.3) is 5.76 Å². The first-order chi connectivity index (χ1) is 15.8. The van der Waals surface area contributed by atoms with Crippen LogP contribution in [0, 0.1) is 0 Å². The number of methoxy groups -OCH3 is 2. The first-order valence-corrected chi connectivity index (χ1v) is 10.8. The Bertz CT molecular complexity index is 1110. The summed E-state index contributed by atoms with van der Waals surface area (Å²) >= 11 is 6.18. The number of rotatable bonds is 8. The topological polar surface area (TPSA) is 106 Å². The summed E-state index contributed by atoms with van der Waals surface area (Å²) in [4.78, 5) is 27.4. The largest absolute Gasteiger partial charge is 0.507 e. The number of carbonyl (C=O) groups excluding carboxylic acids is 2. The molecule has 0 spiro atoms. The molecule has 0 radical (unpaired) electrons. The number of ether oxygens (including phenoxy) is 3. The highest BCUT2D eigenvalue weighted by atomic mass is 35.5.